The molecule has 0 aliphatic rings. The maximum absolute atomic E-state index is 9.32. The molecule has 0 fully saturated rings. The number of pyridine rings is 2. The van der Waals surface area contributed by atoms with Crippen molar-refractivity contribution < 1.29 is 5.11 Å². The van der Waals surface area contributed by atoms with E-state index in [0.717, 1.165) is 21.7 Å². The van der Waals surface area contributed by atoms with E-state index in [4.69, 9.17) is 0 Å². The van der Waals surface area contributed by atoms with E-state index in [-0.39, 0.29) is 5.75 Å². The van der Waals surface area contributed by atoms with Gasteiger partial charge in [-0.3, -0.25) is 9.97 Å². The lowest BCUT2D eigenvalue weighted by atomic mass is 10.1. The molecule has 1 N–H and O–H groups in total. The third kappa shape index (κ3) is 1.21. The first-order valence-electron chi connectivity index (χ1n) is 4.66. The van der Waals surface area contributed by atoms with Crippen molar-refractivity contribution in [1.82, 2.24) is 9.97 Å². The van der Waals surface area contributed by atoms with Gasteiger partial charge in [0, 0.05) is 23.2 Å². The summed E-state index contributed by atoms with van der Waals surface area (Å²) in [5.74, 6) is 0.186. The van der Waals surface area contributed by atoms with Crippen LogP contribution in [-0.2, 0) is 0 Å². The van der Waals surface area contributed by atoms with E-state index >= 15 is 0 Å². The molecule has 2 aromatic heterocycles. The third-order valence-corrected chi connectivity index (χ3v) is 2.46. The van der Waals surface area contributed by atoms with Gasteiger partial charge in [-0.1, -0.05) is 12.1 Å². The third-order valence-electron chi connectivity index (χ3n) is 2.46. The average Bonchev–Trinajstić information content (AvgIpc) is 2.28. The number of hydrogen-bond acceptors (Lipinski definition) is 3. The number of aromatic hydroxyl groups is 1. The first-order chi connectivity index (χ1) is 7.34. The van der Waals surface area contributed by atoms with Crippen LogP contribution in [0.15, 0.2) is 42.9 Å². The predicted molar refractivity (Wildman–Crippen MR) is 58.7 cm³/mol. The van der Waals surface area contributed by atoms with Crippen LogP contribution in [0.5, 0.6) is 5.75 Å². The summed E-state index contributed by atoms with van der Waals surface area (Å²) in [5, 5.41) is 12.4. The molecule has 0 unspecified atom stereocenters. The Morgan fingerprint density at radius 2 is 1.87 bits per heavy atom. The normalized spacial score (nSPS) is 10.9. The first-order valence-corrected chi connectivity index (χ1v) is 4.66. The Kier molecular flexibility index (Phi) is 1.59. The van der Waals surface area contributed by atoms with Crippen LogP contribution in [0.2, 0.25) is 0 Å². The number of rotatable bonds is 0. The maximum Gasteiger partial charge on any atom is 0.134 e. The molecule has 0 bridgehead atoms. The van der Waals surface area contributed by atoms with Gasteiger partial charge in [-0.05, 0) is 17.5 Å². The van der Waals surface area contributed by atoms with Crippen molar-refractivity contribution in [2.45, 2.75) is 0 Å². The second-order valence-electron chi connectivity index (χ2n) is 3.43. The van der Waals surface area contributed by atoms with Gasteiger partial charge in [0.25, 0.3) is 0 Å². The van der Waals surface area contributed by atoms with Crippen LogP contribution in [-0.4, -0.2) is 15.1 Å². The molecule has 0 saturated heterocycles. The zero-order valence-corrected chi connectivity index (χ0v) is 7.88. The largest absolute Gasteiger partial charge is 0.506 e. The van der Waals surface area contributed by atoms with Gasteiger partial charge < -0.3 is 5.11 Å². The summed E-state index contributed by atoms with van der Waals surface area (Å²) >= 11 is 0. The van der Waals surface area contributed by atoms with Gasteiger partial charge in [-0.25, -0.2) is 0 Å². The van der Waals surface area contributed by atoms with E-state index in [1.165, 1.54) is 6.20 Å². The second-order valence-corrected chi connectivity index (χ2v) is 3.43. The van der Waals surface area contributed by atoms with Crippen LogP contribution in [0.3, 0.4) is 0 Å². The van der Waals surface area contributed by atoms with E-state index in [2.05, 4.69) is 9.97 Å². The summed E-state index contributed by atoms with van der Waals surface area (Å²) in [4.78, 5) is 8.30. The van der Waals surface area contributed by atoms with Crippen molar-refractivity contribution in [3.63, 3.8) is 0 Å². The lowest BCUT2D eigenvalue weighted by Crippen LogP contribution is -1.82. The number of benzene rings is 1. The van der Waals surface area contributed by atoms with Gasteiger partial charge >= 0.3 is 0 Å². The van der Waals surface area contributed by atoms with Crippen molar-refractivity contribution >= 4 is 21.7 Å². The Morgan fingerprint density at radius 3 is 2.80 bits per heavy atom. The monoisotopic (exact) mass is 196 g/mol. The molecule has 3 heteroatoms. The van der Waals surface area contributed by atoms with E-state index in [1.54, 1.807) is 18.5 Å². The fourth-order valence-corrected chi connectivity index (χ4v) is 1.75. The number of fused-ring (bicyclic) bond motifs is 3. The van der Waals surface area contributed by atoms with Gasteiger partial charge in [0.05, 0.1) is 11.7 Å². The van der Waals surface area contributed by atoms with E-state index in [9.17, 15) is 5.11 Å². The van der Waals surface area contributed by atoms with Crippen molar-refractivity contribution in [2.24, 2.45) is 0 Å². The molecule has 3 rings (SSSR count). The topological polar surface area (TPSA) is 46.0 Å². The number of aromatic nitrogens is 2. The van der Waals surface area contributed by atoms with E-state index in [1.807, 2.05) is 18.2 Å². The van der Waals surface area contributed by atoms with Crippen molar-refractivity contribution in [1.29, 1.82) is 0 Å². The number of nitrogens with zero attached hydrogens (tertiary/aromatic N) is 2. The molecule has 1 aromatic carbocycles. The summed E-state index contributed by atoms with van der Waals surface area (Å²) in [7, 11) is 0. The Hall–Kier alpha value is -2.16. The summed E-state index contributed by atoms with van der Waals surface area (Å²) in [6, 6.07) is 7.60. The minimum Gasteiger partial charge on any atom is -0.506 e. The minimum atomic E-state index is 0.186. The molecule has 0 aliphatic heterocycles. The zero-order chi connectivity index (χ0) is 10.3. The van der Waals surface area contributed by atoms with E-state index < -0.39 is 0 Å². The lowest BCUT2D eigenvalue weighted by Gasteiger charge is -2.02. The molecule has 15 heavy (non-hydrogen) atoms. The standard InChI is InChI=1S/C12H8N2O/c15-10-5-9-2-1-8-3-4-13-7-11(8)12(9)14-6-10/h1-7,15H. The highest BCUT2D eigenvalue weighted by Crippen LogP contribution is 2.24. The second kappa shape index (κ2) is 2.92. The van der Waals surface area contributed by atoms with E-state index in [0.29, 0.717) is 0 Å². The van der Waals surface area contributed by atoms with Gasteiger partial charge in [-0.2, -0.15) is 0 Å². The summed E-state index contributed by atoms with van der Waals surface area (Å²) in [6.07, 6.45) is 5.01. The SMILES string of the molecule is Oc1cnc2c(ccc3ccncc32)c1. The van der Waals surface area contributed by atoms with Crippen LogP contribution in [0.4, 0.5) is 0 Å². The van der Waals surface area contributed by atoms with Crippen LogP contribution in [0, 0.1) is 0 Å². The Labute approximate surface area is 86.0 Å². The molecular weight excluding hydrogens is 188 g/mol. The highest BCUT2D eigenvalue weighted by atomic mass is 16.3. The van der Waals surface area contributed by atoms with Gasteiger partial charge in [-0.15, -0.1) is 0 Å². The Morgan fingerprint density at radius 1 is 1.00 bits per heavy atom. The molecule has 2 heterocycles. The smallest absolute Gasteiger partial charge is 0.134 e. The van der Waals surface area contributed by atoms with Crippen LogP contribution in [0.25, 0.3) is 21.7 Å². The minimum absolute atomic E-state index is 0.186. The highest BCUT2D eigenvalue weighted by molar-refractivity contribution is 6.04. The fourth-order valence-electron chi connectivity index (χ4n) is 1.75. The zero-order valence-electron chi connectivity index (χ0n) is 7.88. The number of hydrogen-bond donors (Lipinski definition) is 1. The molecular formula is C12H8N2O. The summed E-state index contributed by atoms with van der Waals surface area (Å²) in [5.41, 5.74) is 0.874. The molecule has 72 valence electrons. The van der Waals surface area contributed by atoms with Crippen LogP contribution >= 0.6 is 0 Å². The van der Waals surface area contributed by atoms with Crippen LogP contribution in [0.1, 0.15) is 0 Å². The lowest BCUT2D eigenvalue weighted by molar-refractivity contribution is 0.474. The summed E-state index contributed by atoms with van der Waals surface area (Å²) < 4.78 is 0. The highest BCUT2D eigenvalue weighted by Gasteiger charge is 2.01. The fraction of sp³-hybridized carbons (Fsp3) is 0. The quantitative estimate of drug-likeness (QED) is 0.562. The molecule has 0 spiro atoms. The first kappa shape index (κ1) is 8.17. The van der Waals surface area contributed by atoms with Gasteiger partial charge in [0.1, 0.15) is 5.75 Å². The van der Waals surface area contributed by atoms with Crippen molar-refractivity contribution in [3.05, 3.63) is 42.9 Å². The van der Waals surface area contributed by atoms with Gasteiger partial charge in [0.15, 0.2) is 0 Å². The molecule has 0 saturated carbocycles. The molecule has 0 radical (unpaired) electrons. The Balaban J connectivity index is 2.55. The van der Waals surface area contributed by atoms with Crippen molar-refractivity contribution in [2.75, 3.05) is 0 Å². The summed E-state index contributed by atoms with van der Waals surface area (Å²) in [6.45, 7) is 0. The van der Waals surface area contributed by atoms with Crippen LogP contribution < -0.4 is 0 Å². The van der Waals surface area contributed by atoms with Gasteiger partial charge in [0.2, 0.25) is 0 Å². The molecule has 0 amide bonds. The molecule has 0 aliphatic carbocycles. The Bertz CT molecular complexity index is 649. The maximum atomic E-state index is 9.32. The average molecular weight is 196 g/mol. The molecule has 3 aromatic rings. The molecule has 0 atom stereocenters. The van der Waals surface area contributed by atoms with Crippen molar-refractivity contribution in [3.8, 4) is 5.75 Å². The molecule has 3 nitrogen and oxygen atoms in total. The predicted octanol–water partition coefficient (Wildman–Crippen LogP) is 2.49.